The van der Waals surface area contributed by atoms with Gasteiger partial charge in [0.2, 0.25) is 0 Å². The van der Waals surface area contributed by atoms with E-state index >= 15 is 0 Å². The second-order valence-electron chi connectivity index (χ2n) is 9.42. The Kier molecular flexibility index (Phi) is 13.3. The van der Waals surface area contributed by atoms with Gasteiger partial charge in [-0.15, -0.1) is 0 Å². The predicted octanol–water partition coefficient (Wildman–Crippen LogP) is 6.43. The first-order chi connectivity index (χ1) is 13.3. The van der Waals surface area contributed by atoms with E-state index in [-0.39, 0.29) is 6.09 Å². The van der Waals surface area contributed by atoms with Gasteiger partial charge in [0, 0.05) is 18.9 Å². The second-order valence-corrected chi connectivity index (χ2v) is 10.6. The van der Waals surface area contributed by atoms with Crippen molar-refractivity contribution >= 4 is 17.9 Å². The highest BCUT2D eigenvalue weighted by Crippen LogP contribution is 2.28. The smallest absolute Gasteiger partial charge is 0.407 e. The monoisotopic (exact) mass is 415 g/mol. The Morgan fingerprint density at radius 1 is 1.11 bits per heavy atom. The fraction of sp³-hybridized carbons (Fsp3) is 0.957. The zero-order chi connectivity index (χ0) is 20.8. The Hall–Kier alpha value is -0.420. The highest BCUT2D eigenvalue weighted by Gasteiger charge is 2.21. The molecule has 1 rings (SSSR count). The molecule has 0 spiro atoms. The van der Waals surface area contributed by atoms with E-state index < -0.39 is 5.60 Å². The van der Waals surface area contributed by atoms with E-state index in [2.05, 4.69) is 19.2 Å². The number of carbonyl (C=O) groups is 1. The number of thioether (sulfide) groups is 1. The molecular weight excluding hydrogens is 370 g/mol. The molecule has 166 valence electrons. The lowest BCUT2D eigenvalue weighted by Gasteiger charge is -2.28. The van der Waals surface area contributed by atoms with Gasteiger partial charge in [-0.25, -0.2) is 4.79 Å². The fourth-order valence-electron chi connectivity index (χ4n) is 3.82. The van der Waals surface area contributed by atoms with Gasteiger partial charge < -0.3 is 14.8 Å². The van der Waals surface area contributed by atoms with E-state index in [1.807, 2.05) is 32.5 Å². The number of hydrogen-bond acceptors (Lipinski definition) is 4. The van der Waals surface area contributed by atoms with Crippen LogP contribution < -0.4 is 5.32 Å². The van der Waals surface area contributed by atoms with Crippen molar-refractivity contribution in [2.45, 2.75) is 104 Å². The lowest BCUT2D eigenvalue weighted by Crippen LogP contribution is -2.33. The Morgan fingerprint density at radius 2 is 1.79 bits per heavy atom. The Morgan fingerprint density at radius 3 is 2.50 bits per heavy atom. The van der Waals surface area contributed by atoms with Crippen LogP contribution in [0.4, 0.5) is 4.79 Å². The van der Waals surface area contributed by atoms with Crippen molar-refractivity contribution in [3.05, 3.63) is 0 Å². The van der Waals surface area contributed by atoms with Crippen molar-refractivity contribution in [1.82, 2.24) is 5.32 Å². The lowest BCUT2D eigenvalue weighted by atomic mass is 9.84. The third-order valence-electron chi connectivity index (χ3n) is 5.37. The molecule has 1 amide bonds. The quantitative estimate of drug-likeness (QED) is 0.441. The third kappa shape index (κ3) is 13.7. The average molecular weight is 416 g/mol. The van der Waals surface area contributed by atoms with Crippen LogP contribution in [-0.4, -0.2) is 42.5 Å². The zero-order valence-electron chi connectivity index (χ0n) is 19.1. The minimum atomic E-state index is -0.433. The van der Waals surface area contributed by atoms with E-state index in [1.165, 1.54) is 51.4 Å². The molecule has 5 heteroatoms. The molecule has 3 unspecified atom stereocenters. The van der Waals surface area contributed by atoms with Crippen LogP contribution in [0.25, 0.3) is 0 Å². The summed E-state index contributed by atoms with van der Waals surface area (Å²) in [4.78, 5) is 11.6. The van der Waals surface area contributed by atoms with Crippen molar-refractivity contribution in [2.75, 3.05) is 24.7 Å². The molecular formula is C23H45NO3S. The molecule has 0 bridgehead atoms. The van der Waals surface area contributed by atoms with Crippen LogP contribution in [0.15, 0.2) is 0 Å². The summed E-state index contributed by atoms with van der Waals surface area (Å²) in [5.74, 6) is 3.54. The van der Waals surface area contributed by atoms with Crippen LogP contribution in [0.5, 0.6) is 0 Å². The summed E-state index contributed by atoms with van der Waals surface area (Å²) in [6, 6.07) is 0. The molecule has 1 fully saturated rings. The van der Waals surface area contributed by atoms with Gasteiger partial charge >= 0.3 is 6.09 Å². The van der Waals surface area contributed by atoms with E-state index in [0.717, 1.165) is 36.4 Å². The molecule has 1 N–H and O–H groups in total. The van der Waals surface area contributed by atoms with Gasteiger partial charge in [0.25, 0.3) is 0 Å². The summed E-state index contributed by atoms with van der Waals surface area (Å²) in [5, 5.41) is 2.80. The third-order valence-corrected chi connectivity index (χ3v) is 6.44. The van der Waals surface area contributed by atoms with E-state index in [4.69, 9.17) is 9.47 Å². The van der Waals surface area contributed by atoms with E-state index in [0.29, 0.717) is 12.6 Å². The number of carbonyl (C=O) groups excluding carboxylic acids is 1. The molecule has 0 radical (unpaired) electrons. The maximum absolute atomic E-state index is 11.6. The molecule has 0 aromatic rings. The summed E-state index contributed by atoms with van der Waals surface area (Å²) < 4.78 is 11.4. The molecule has 1 saturated carbocycles. The topological polar surface area (TPSA) is 47.6 Å². The van der Waals surface area contributed by atoms with Crippen LogP contribution in [0.2, 0.25) is 0 Å². The first-order valence-corrected chi connectivity index (χ1v) is 12.6. The molecule has 28 heavy (non-hydrogen) atoms. The number of hydrogen-bond donors (Lipinski definition) is 1. The molecule has 0 aromatic heterocycles. The normalized spacial score (nSPS) is 23.0. The minimum Gasteiger partial charge on any atom is -0.444 e. The molecule has 3 atom stereocenters. The molecule has 0 heterocycles. The van der Waals surface area contributed by atoms with Gasteiger partial charge in [0.05, 0.1) is 6.10 Å². The minimum absolute atomic E-state index is 0.329. The highest BCUT2D eigenvalue weighted by atomic mass is 32.2. The van der Waals surface area contributed by atoms with Gasteiger partial charge in [-0.3, -0.25) is 0 Å². The Labute approximate surface area is 178 Å². The summed E-state index contributed by atoms with van der Waals surface area (Å²) >= 11 is 1.86. The average Bonchev–Trinajstić information content (AvgIpc) is 2.60. The van der Waals surface area contributed by atoms with Crippen LogP contribution in [-0.2, 0) is 9.47 Å². The Balaban J connectivity index is 2.08. The Bertz CT molecular complexity index is 411. The predicted molar refractivity (Wildman–Crippen MR) is 121 cm³/mol. The molecule has 0 aliphatic heterocycles. The summed E-state index contributed by atoms with van der Waals surface area (Å²) in [6.07, 6.45) is 12.2. The molecule has 1 aliphatic rings. The summed E-state index contributed by atoms with van der Waals surface area (Å²) in [6.45, 7) is 11.8. The number of amides is 1. The largest absolute Gasteiger partial charge is 0.444 e. The number of rotatable bonds is 9. The van der Waals surface area contributed by atoms with Crippen molar-refractivity contribution in [2.24, 2.45) is 11.8 Å². The number of alkyl carbamates (subject to hydrolysis) is 1. The van der Waals surface area contributed by atoms with Gasteiger partial charge in [-0.2, -0.15) is 11.8 Å². The molecule has 4 nitrogen and oxygen atoms in total. The lowest BCUT2D eigenvalue weighted by molar-refractivity contribution is 0.0136. The summed E-state index contributed by atoms with van der Waals surface area (Å²) in [7, 11) is 0. The SMILES string of the molecule is CC1CCCCCCCC(C(C)OCCCSCCNC(=O)OC(C)(C)C)C1. The second kappa shape index (κ2) is 14.5. The first-order valence-electron chi connectivity index (χ1n) is 11.4. The standard InChI is InChI=1S/C23H45NO3S/c1-19-12-9-7-6-8-10-13-21(18-19)20(2)26-15-11-16-28-17-14-24-22(25)27-23(3,4)5/h19-21H,6-18H2,1-5H3,(H,24,25). The summed E-state index contributed by atoms with van der Waals surface area (Å²) in [5.41, 5.74) is -0.433. The van der Waals surface area contributed by atoms with Crippen LogP contribution >= 0.6 is 11.8 Å². The van der Waals surface area contributed by atoms with Crippen molar-refractivity contribution in [3.8, 4) is 0 Å². The van der Waals surface area contributed by atoms with Crippen LogP contribution in [0.1, 0.15) is 92.4 Å². The first kappa shape index (κ1) is 25.6. The molecule has 0 aromatic carbocycles. The highest BCUT2D eigenvalue weighted by molar-refractivity contribution is 7.99. The van der Waals surface area contributed by atoms with Gasteiger partial charge in [-0.05, 0) is 64.5 Å². The van der Waals surface area contributed by atoms with E-state index in [9.17, 15) is 4.79 Å². The van der Waals surface area contributed by atoms with Crippen molar-refractivity contribution in [3.63, 3.8) is 0 Å². The van der Waals surface area contributed by atoms with Crippen LogP contribution in [0, 0.1) is 11.8 Å². The maximum atomic E-state index is 11.6. The van der Waals surface area contributed by atoms with Crippen molar-refractivity contribution < 1.29 is 14.3 Å². The molecule has 1 aliphatic carbocycles. The maximum Gasteiger partial charge on any atom is 0.407 e. The fourth-order valence-corrected chi connectivity index (χ4v) is 4.59. The van der Waals surface area contributed by atoms with E-state index in [1.54, 1.807) is 0 Å². The number of ether oxygens (including phenoxy) is 2. The zero-order valence-corrected chi connectivity index (χ0v) is 19.9. The molecule has 0 saturated heterocycles. The van der Waals surface area contributed by atoms with Gasteiger partial charge in [-0.1, -0.05) is 45.4 Å². The number of nitrogens with one attached hydrogen (secondary N) is 1. The van der Waals surface area contributed by atoms with Crippen molar-refractivity contribution in [1.29, 1.82) is 0 Å². The van der Waals surface area contributed by atoms with Crippen LogP contribution in [0.3, 0.4) is 0 Å². The van der Waals surface area contributed by atoms with Gasteiger partial charge in [0.1, 0.15) is 5.60 Å². The van der Waals surface area contributed by atoms with Gasteiger partial charge in [0.15, 0.2) is 0 Å².